The summed E-state index contributed by atoms with van der Waals surface area (Å²) in [6, 6.07) is 20.7. The standard InChI is InChI=1S/C34H42N4O7/c1-33(2,3)44-31(40)36-29(30(39)35-21-20-23-8-14-26(42-7)15-9-23)22-24-10-16-27(17-11-24)43-28-18-12-25(13-19-28)37-38-32(41)45-34(4,5)6/h8-19,29H,20-22H2,1-7H3,(H,35,39)(H,36,40)/t29-/m0/s1. The smallest absolute Gasteiger partial charge is 0.452 e. The quantitative estimate of drug-likeness (QED) is 0.215. The molecule has 0 spiro atoms. The maximum Gasteiger partial charge on any atom is 0.452 e. The van der Waals surface area contributed by atoms with Gasteiger partial charge in [-0.2, -0.15) is 0 Å². The third-order valence-electron chi connectivity index (χ3n) is 5.96. The lowest BCUT2D eigenvalue weighted by Gasteiger charge is -2.23. The van der Waals surface area contributed by atoms with E-state index in [1.165, 1.54) is 0 Å². The van der Waals surface area contributed by atoms with Crippen LogP contribution in [0.3, 0.4) is 0 Å². The van der Waals surface area contributed by atoms with Crippen molar-refractivity contribution in [1.82, 2.24) is 10.6 Å². The molecule has 0 radical (unpaired) electrons. The number of alkyl carbamates (subject to hydrolysis) is 1. The van der Waals surface area contributed by atoms with E-state index in [1.54, 1.807) is 85.1 Å². The molecule has 0 fully saturated rings. The van der Waals surface area contributed by atoms with Gasteiger partial charge in [-0.15, -0.1) is 5.11 Å². The Morgan fingerprint density at radius 3 is 1.82 bits per heavy atom. The number of nitrogens with zero attached hydrogens (tertiary/aromatic N) is 2. The highest BCUT2D eigenvalue weighted by molar-refractivity contribution is 5.86. The molecule has 0 aliphatic heterocycles. The first-order chi connectivity index (χ1) is 21.2. The number of carbonyl (C=O) groups is 3. The molecule has 45 heavy (non-hydrogen) atoms. The number of ether oxygens (including phenoxy) is 4. The highest BCUT2D eigenvalue weighted by Gasteiger charge is 2.24. The van der Waals surface area contributed by atoms with Crippen LogP contribution in [0.15, 0.2) is 83.0 Å². The van der Waals surface area contributed by atoms with Crippen molar-refractivity contribution in [3.63, 3.8) is 0 Å². The van der Waals surface area contributed by atoms with Crippen LogP contribution in [0, 0.1) is 0 Å². The predicted octanol–water partition coefficient (Wildman–Crippen LogP) is 7.30. The third kappa shape index (κ3) is 13.1. The van der Waals surface area contributed by atoms with Gasteiger partial charge in [0.15, 0.2) is 0 Å². The van der Waals surface area contributed by atoms with Gasteiger partial charge in [-0.1, -0.05) is 29.4 Å². The zero-order chi connectivity index (χ0) is 33.0. The molecule has 3 amide bonds. The molecule has 0 aromatic heterocycles. The number of azo groups is 1. The molecule has 0 saturated carbocycles. The van der Waals surface area contributed by atoms with Crippen LogP contribution < -0.4 is 20.1 Å². The number of carbonyl (C=O) groups excluding carboxylic acids is 3. The molecule has 3 aromatic rings. The van der Waals surface area contributed by atoms with Crippen LogP contribution in [0.5, 0.6) is 17.2 Å². The Morgan fingerprint density at radius 2 is 1.27 bits per heavy atom. The van der Waals surface area contributed by atoms with Crippen LogP contribution in [-0.4, -0.2) is 49.0 Å². The second-order valence-corrected chi connectivity index (χ2v) is 12.2. The fourth-order valence-corrected chi connectivity index (χ4v) is 3.93. The largest absolute Gasteiger partial charge is 0.497 e. The number of hydrogen-bond acceptors (Lipinski definition) is 8. The van der Waals surface area contributed by atoms with Crippen molar-refractivity contribution in [3.8, 4) is 17.2 Å². The van der Waals surface area contributed by atoms with Crippen molar-refractivity contribution < 1.29 is 33.3 Å². The zero-order valence-electron chi connectivity index (χ0n) is 26.9. The van der Waals surface area contributed by atoms with Crippen molar-refractivity contribution in [1.29, 1.82) is 0 Å². The van der Waals surface area contributed by atoms with Gasteiger partial charge >= 0.3 is 12.2 Å². The van der Waals surface area contributed by atoms with Crippen LogP contribution in [0.25, 0.3) is 0 Å². The summed E-state index contributed by atoms with van der Waals surface area (Å²) < 4.78 is 21.6. The molecule has 3 aromatic carbocycles. The molecule has 1 atom stereocenters. The number of nitrogens with one attached hydrogen (secondary N) is 2. The lowest BCUT2D eigenvalue weighted by atomic mass is 10.0. The van der Waals surface area contributed by atoms with Crippen molar-refractivity contribution in [2.24, 2.45) is 10.2 Å². The van der Waals surface area contributed by atoms with Crippen molar-refractivity contribution in [2.75, 3.05) is 13.7 Å². The minimum atomic E-state index is -0.857. The zero-order valence-corrected chi connectivity index (χ0v) is 26.9. The maximum atomic E-state index is 13.2. The van der Waals surface area contributed by atoms with Crippen molar-refractivity contribution in [3.05, 3.63) is 83.9 Å². The molecule has 0 aliphatic carbocycles. The summed E-state index contributed by atoms with van der Waals surface area (Å²) in [5, 5.41) is 13.1. The lowest BCUT2D eigenvalue weighted by molar-refractivity contribution is -0.123. The third-order valence-corrected chi connectivity index (χ3v) is 5.96. The highest BCUT2D eigenvalue weighted by Crippen LogP contribution is 2.25. The summed E-state index contributed by atoms with van der Waals surface area (Å²) in [4.78, 5) is 37.4. The average Bonchev–Trinajstić information content (AvgIpc) is 2.96. The van der Waals surface area contributed by atoms with Gasteiger partial charge < -0.3 is 29.6 Å². The second-order valence-electron chi connectivity index (χ2n) is 12.2. The van der Waals surface area contributed by atoms with E-state index in [0.29, 0.717) is 30.2 Å². The first-order valence-corrected chi connectivity index (χ1v) is 14.6. The molecule has 0 unspecified atom stereocenters. The molecule has 0 bridgehead atoms. The summed E-state index contributed by atoms with van der Waals surface area (Å²) in [5.74, 6) is 1.57. The number of amides is 3. The molecule has 0 saturated heterocycles. The number of hydrogen-bond donors (Lipinski definition) is 2. The van der Waals surface area contributed by atoms with E-state index in [1.807, 2.05) is 36.4 Å². The van der Waals surface area contributed by atoms with Crippen LogP contribution in [-0.2, 0) is 27.1 Å². The van der Waals surface area contributed by atoms with E-state index in [0.717, 1.165) is 16.9 Å². The van der Waals surface area contributed by atoms with Crippen LogP contribution in [0.4, 0.5) is 15.3 Å². The van der Waals surface area contributed by atoms with Gasteiger partial charge in [0, 0.05) is 13.0 Å². The molecular weight excluding hydrogens is 576 g/mol. The van der Waals surface area contributed by atoms with Crippen LogP contribution in [0.1, 0.15) is 52.7 Å². The normalized spacial score (nSPS) is 12.2. The first kappa shape index (κ1) is 34.6. The lowest BCUT2D eigenvalue weighted by Crippen LogP contribution is -2.49. The highest BCUT2D eigenvalue weighted by atomic mass is 16.6. The molecule has 11 nitrogen and oxygen atoms in total. The summed E-state index contributed by atoms with van der Waals surface area (Å²) in [5.41, 5.74) is 0.963. The minimum absolute atomic E-state index is 0.241. The van der Waals surface area contributed by atoms with Gasteiger partial charge in [0.1, 0.15) is 34.5 Å². The molecule has 11 heteroatoms. The summed E-state index contributed by atoms with van der Waals surface area (Å²) in [6.45, 7) is 10.9. The van der Waals surface area contributed by atoms with E-state index in [4.69, 9.17) is 18.9 Å². The SMILES string of the molecule is COc1ccc(CCNC(=O)[C@H](Cc2ccc(Oc3ccc(N=NC(=O)OC(C)(C)C)cc3)cc2)NC(=O)OC(C)(C)C)cc1. The van der Waals surface area contributed by atoms with Gasteiger partial charge in [-0.05, 0) is 108 Å². The van der Waals surface area contributed by atoms with Gasteiger partial charge in [0.25, 0.3) is 0 Å². The molecular formula is C34H42N4O7. The van der Waals surface area contributed by atoms with Crippen LogP contribution >= 0.6 is 0 Å². The van der Waals surface area contributed by atoms with Gasteiger partial charge in [-0.25, -0.2) is 9.59 Å². The summed E-state index contributed by atoms with van der Waals surface area (Å²) in [6.07, 6.45) is -0.580. The van der Waals surface area contributed by atoms with E-state index in [-0.39, 0.29) is 12.3 Å². The average molecular weight is 619 g/mol. The summed E-state index contributed by atoms with van der Waals surface area (Å²) >= 11 is 0. The predicted molar refractivity (Wildman–Crippen MR) is 170 cm³/mol. The number of rotatable bonds is 11. The van der Waals surface area contributed by atoms with Crippen molar-refractivity contribution in [2.45, 2.75) is 71.6 Å². The van der Waals surface area contributed by atoms with E-state index in [9.17, 15) is 14.4 Å². The van der Waals surface area contributed by atoms with E-state index < -0.39 is 29.4 Å². The minimum Gasteiger partial charge on any atom is -0.497 e. The Labute approximate surface area is 264 Å². The van der Waals surface area contributed by atoms with E-state index in [2.05, 4.69) is 20.9 Å². The van der Waals surface area contributed by atoms with Gasteiger partial charge in [0.05, 0.1) is 12.8 Å². The molecule has 0 heterocycles. The van der Waals surface area contributed by atoms with Crippen molar-refractivity contribution >= 4 is 23.8 Å². The summed E-state index contributed by atoms with van der Waals surface area (Å²) in [7, 11) is 1.61. The second kappa shape index (κ2) is 15.7. The molecule has 2 N–H and O–H groups in total. The van der Waals surface area contributed by atoms with E-state index >= 15 is 0 Å². The molecule has 240 valence electrons. The Morgan fingerprint density at radius 1 is 0.733 bits per heavy atom. The van der Waals surface area contributed by atoms with Gasteiger partial charge in [-0.3, -0.25) is 4.79 Å². The topological polar surface area (TPSA) is 137 Å². The monoisotopic (exact) mass is 618 g/mol. The maximum absolute atomic E-state index is 13.2. The molecule has 0 aliphatic rings. The van der Waals surface area contributed by atoms with Gasteiger partial charge in [0.2, 0.25) is 5.91 Å². The Bertz CT molecular complexity index is 1440. The Balaban J connectivity index is 1.60. The molecule has 3 rings (SSSR count). The number of methoxy groups -OCH3 is 1. The Hall–Kier alpha value is -4.93. The number of benzene rings is 3. The first-order valence-electron chi connectivity index (χ1n) is 14.6. The van der Waals surface area contributed by atoms with Crippen LogP contribution in [0.2, 0.25) is 0 Å². The Kier molecular flexibility index (Phi) is 12.1. The fourth-order valence-electron chi connectivity index (χ4n) is 3.93. The fraction of sp³-hybridized carbons (Fsp3) is 0.382.